The van der Waals surface area contributed by atoms with Crippen LogP contribution in [0, 0.1) is 11.8 Å². The maximum atomic E-state index is 14.2. The third-order valence-electron chi connectivity index (χ3n) is 9.43. The summed E-state index contributed by atoms with van der Waals surface area (Å²) in [7, 11) is 3.15. The van der Waals surface area contributed by atoms with Crippen LogP contribution in [0.1, 0.15) is 43.9 Å². The number of nitrogens with zero attached hydrogens (tertiary/aromatic N) is 2. The van der Waals surface area contributed by atoms with E-state index in [1.54, 1.807) is 20.3 Å². The van der Waals surface area contributed by atoms with Gasteiger partial charge in [0.2, 0.25) is 5.78 Å². The SMILES string of the molecule is CN(C)[C@@H]1C(=O)C(C(N)=O)=C(O)[C@@]2(O)C(=O)C3=C(O)c4c(O)c(C(C)(C)C)cc(-c5cnc6ccccc6c5)c4C[C@H]3C[C@@H]12. The molecular formula is C34H35N3O7. The van der Waals surface area contributed by atoms with Crippen molar-refractivity contribution in [2.45, 2.75) is 50.7 Å². The summed E-state index contributed by atoms with van der Waals surface area (Å²) in [6.45, 7) is 5.75. The maximum absolute atomic E-state index is 14.2. The number of phenols is 1. The van der Waals surface area contributed by atoms with Crippen molar-refractivity contribution in [1.29, 1.82) is 0 Å². The third kappa shape index (κ3) is 4.01. The van der Waals surface area contributed by atoms with Gasteiger partial charge in [-0.25, -0.2) is 0 Å². The maximum Gasteiger partial charge on any atom is 0.255 e. The Labute approximate surface area is 254 Å². The topological polar surface area (TPSA) is 174 Å². The Morgan fingerprint density at radius 1 is 1.09 bits per heavy atom. The van der Waals surface area contributed by atoms with Crippen molar-refractivity contribution in [3.05, 3.63) is 76.2 Å². The number of benzene rings is 2. The van der Waals surface area contributed by atoms with E-state index in [9.17, 15) is 34.8 Å². The molecule has 10 nitrogen and oxygen atoms in total. The van der Waals surface area contributed by atoms with E-state index in [1.165, 1.54) is 4.90 Å². The monoisotopic (exact) mass is 597 g/mol. The van der Waals surface area contributed by atoms with Crippen LogP contribution in [0.2, 0.25) is 0 Å². The largest absolute Gasteiger partial charge is 0.508 e. The number of nitrogens with two attached hydrogens (primary N) is 1. The number of pyridine rings is 1. The number of fused-ring (bicyclic) bond motifs is 4. The zero-order valence-electron chi connectivity index (χ0n) is 25.2. The molecule has 1 saturated carbocycles. The van der Waals surface area contributed by atoms with Gasteiger partial charge < -0.3 is 26.2 Å². The first kappa shape index (κ1) is 29.5. The summed E-state index contributed by atoms with van der Waals surface area (Å²) in [5.74, 6) is -6.73. The van der Waals surface area contributed by atoms with E-state index >= 15 is 0 Å². The third-order valence-corrected chi connectivity index (χ3v) is 9.43. The summed E-state index contributed by atoms with van der Waals surface area (Å²) in [5.41, 5.74) is 4.63. The molecule has 1 heterocycles. The highest BCUT2D eigenvalue weighted by Gasteiger charge is 2.64. The summed E-state index contributed by atoms with van der Waals surface area (Å²) in [5, 5.41) is 47.4. The van der Waals surface area contributed by atoms with E-state index in [1.807, 2.05) is 57.2 Å². The average Bonchev–Trinajstić information content (AvgIpc) is 2.94. The second-order valence-corrected chi connectivity index (χ2v) is 13.3. The van der Waals surface area contributed by atoms with E-state index in [2.05, 4.69) is 4.98 Å². The zero-order chi connectivity index (χ0) is 32.0. The highest BCUT2D eigenvalue weighted by atomic mass is 16.3. The molecule has 0 radical (unpaired) electrons. The van der Waals surface area contributed by atoms with Gasteiger partial charge >= 0.3 is 0 Å². The molecule has 6 rings (SSSR count). The van der Waals surface area contributed by atoms with Gasteiger partial charge in [-0.1, -0.05) is 39.0 Å². The smallest absolute Gasteiger partial charge is 0.255 e. The Hall–Kier alpha value is -4.54. The number of para-hydroxylation sites is 1. The molecule has 10 heteroatoms. The summed E-state index contributed by atoms with van der Waals surface area (Å²) < 4.78 is 0. The van der Waals surface area contributed by atoms with Crippen LogP contribution in [0.4, 0.5) is 0 Å². The fraction of sp³-hybridized carbons (Fsp3) is 0.353. The Morgan fingerprint density at radius 2 is 1.77 bits per heavy atom. The number of carbonyl (C=O) groups excluding carboxylic acids is 3. The fourth-order valence-corrected chi connectivity index (χ4v) is 7.36. The minimum absolute atomic E-state index is 0.0168. The van der Waals surface area contributed by atoms with Gasteiger partial charge in [0.05, 0.1) is 17.1 Å². The number of Topliss-reactive ketones (excluding diaryl/α,β-unsaturated/α-hetero) is 2. The molecule has 228 valence electrons. The molecule has 0 bridgehead atoms. The molecule has 1 fully saturated rings. The van der Waals surface area contributed by atoms with Gasteiger partial charge in [-0.15, -0.1) is 0 Å². The predicted molar refractivity (Wildman–Crippen MR) is 164 cm³/mol. The van der Waals surface area contributed by atoms with Crippen LogP contribution in [0.3, 0.4) is 0 Å². The number of aromatic hydroxyl groups is 1. The Balaban J connectivity index is 1.63. The van der Waals surface area contributed by atoms with E-state index in [0.717, 1.165) is 22.0 Å². The average molecular weight is 598 g/mol. The number of amides is 1. The molecule has 0 spiro atoms. The molecule has 1 aromatic heterocycles. The Kier molecular flexibility index (Phi) is 6.53. The number of hydrogen-bond acceptors (Lipinski definition) is 9. The van der Waals surface area contributed by atoms with Crippen molar-refractivity contribution in [2.75, 3.05) is 14.1 Å². The van der Waals surface area contributed by atoms with Gasteiger partial charge in [-0.3, -0.25) is 24.3 Å². The van der Waals surface area contributed by atoms with E-state index < -0.39 is 63.5 Å². The van der Waals surface area contributed by atoms with Crippen molar-refractivity contribution < 1.29 is 34.8 Å². The molecule has 0 aliphatic heterocycles. The minimum Gasteiger partial charge on any atom is -0.508 e. The number of rotatable bonds is 3. The molecule has 3 aromatic rings. The van der Waals surface area contributed by atoms with Crippen molar-refractivity contribution in [1.82, 2.24) is 9.88 Å². The number of aliphatic hydroxyl groups excluding tert-OH is 2. The number of phenolic OH excluding ortho intramolecular Hbond substituents is 1. The van der Waals surface area contributed by atoms with Crippen molar-refractivity contribution in [2.24, 2.45) is 17.6 Å². The van der Waals surface area contributed by atoms with Crippen molar-refractivity contribution >= 4 is 34.1 Å². The summed E-state index contributed by atoms with van der Waals surface area (Å²) in [6.07, 6.45) is 1.94. The van der Waals surface area contributed by atoms with Crippen LogP contribution < -0.4 is 5.73 Å². The van der Waals surface area contributed by atoms with Crippen LogP contribution in [-0.2, 0) is 26.2 Å². The van der Waals surface area contributed by atoms with E-state index in [0.29, 0.717) is 11.1 Å². The zero-order valence-corrected chi connectivity index (χ0v) is 25.2. The number of aliphatic hydroxyl groups is 3. The molecule has 0 unspecified atom stereocenters. The van der Waals surface area contributed by atoms with Gasteiger partial charge in [0.25, 0.3) is 5.91 Å². The van der Waals surface area contributed by atoms with Crippen molar-refractivity contribution in [3.63, 3.8) is 0 Å². The molecule has 44 heavy (non-hydrogen) atoms. The first-order chi connectivity index (χ1) is 20.6. The van der Waals surface area contributed by atoms with Gasteiger partial charge in [0, 0.05) is 34.2 Å². The van der Waals surface area contributed by atoms with E-state index in [-0.39, 0.29) is 29.7 Å². The lowest BCUT2D eigenvalue weighted by Gasteiger charge is -2.50. The summed E-state index contributed by atoms with van der Waals surface area (Å²) in [4.78, 5) is 46.0. The minimum atomic E-state index is -2.69. The van der Waals surface area contributed by atoms with Gasteiger partial charge in [-0.05, 0) is 67.6 Å². The normalized spacial score (nSPS) is 25.3. The van der Waals surface area contributed by atoms with E-state index in [4.69, 9.17) is 5.73 Å². The Morgan fingerprint density at radius 3 is 2.41 bits per heavy atom. The second-order valence-electron chi connectivity index (χ2n) is 13.3. The van der Waals surface area contributed by atoms with Crippen LogP contribution >= 0.6 is 0 Å². The number of ketones is 2. The first-order valence-electron chi connectivity index (χ1n) is 14.5. The lowest BCUT2D eigenvalue weighted by Crippen LogP contribution is -2.65. The lowest BCUT2D eigenvalue weighted by molar-refractivity contribution is -0.153. The number of aromatic nitrogens is 1. The molecule has 6 N–H and O–H groups in total. The van der Waals surface area contributed by atoms with Crippen LogP contribution in [0.15, 0.2) is 59.5 Å². The molecule has 4 atom stereocenters. The number of likely N-dealkylation sites (N-methyl/N-ethyl adjacent to an activating group) is 1. The number of carbonyl (C=O) groups is 3. The molecule has 2 aromatic carbocycles. The van der Waals surface area contributed by atoms with Gasteiger partial charge in [-0.2, -0.15) is 0 Å². The highest BCUT2D eigenvalue weighted by Crippen LogP contribution is 2.55. The van der Waals surface area contributed by atoms with Crippen LogP contribution in [-0.4, -0.2) is 73.5 Å². The quantitative estimate of drug-likeness (QED) is 0.283. The van der Waals surface area contributed by atoms with Crippen molar-refractivity contribution in [3.8, 4) is 16.9 Å². The first-order valence-corrected chi connectivity index (χ1v) is 14.5. The van der Waals surface area contributed by atoms with Gasteiger partial charge in [0.1, 0.15) is 22.8 Å². The number of hydrogen-bond donors (Lipinski definition) is 5. The fourth-order valence-electron chi connectivity index (χ4n) is 7.36. The molecule has 0 saturated heterocycles. The number of primary amides is 1. The highest BCUT2D eigenvalue weighted by molar-refractivity contribution is 6.24. The second kappa shape index (κ2) is 9.73. The summed E-state index contributed by atoms with van der Waals surface area (Å²) in [6, 6.07) is 10.4. The van der Waals surface area contributed by atoms with Crippen LogP contribution in [0.5, 0.6) is 5.75 Å². The molecular weight excluding hydrogens is 562 g/mol. The van der Waals surface area contributed by atoms with Crippen LogP contribution in [0.25, 0.3) is 27.8 Å². The summed E-state index contributed by atoms with van der Waals surface area (Å²) >= 11 is 0. The molecule has 3 aliphatic rings. The predicted octanol–water partition coefficient (Wildman–Crippen LogP) is 3.48. The standard InChI is InChI=1S/C34H35N3O7/c1-33(2,3)21-13-18(17-10-15-8-6-7-9-22(15)36-14-17)19-11-16-12-20-26(37(4)5)29(40)25(32(35)43)31(42)34(20,44)30(41)23(16)28(39)24(19)27(21)38/h6-10,13-14,16,20,26,38-39,42,44H,11-12H2,1-5H3,(H2,35,43)/t16-,20-,26-,34-/m0/s1. The Bertz CT molecular complexity index is 1870. The van der Waals surface area contributed by atoms with Gasteiger partial charge in [0.15, 0.2) is 11.4 Å². The molecule has 3 aliphatic carbocycles. The lowest BCUT2D eigenvalue weighted by atomic mass is 9.57. The molecule has 1 amide bonds.